The summed E-state index contributed by atoms with van der Waals surface area (Å²) in [5.41, 5.74) is 12.6. The Bertz CT molecular complexity index is 2780. The molecule has 56 heavy (non-hydrogen) atoms. The number of benzene rings is 5. The molecule has 6 heteroatoms. The molecule has 0 spiro atoms. The van der Waals surface area contributed by atoms with Crippen LogP contribution in [0.25, 0.3) is 39.0 Å². The van der Waals surface area contributed by atoms with Crippen LogP contribution in [0, 0.1) is 15.9 Å². The number of fused-ring (bicyclic) bond motifs is 4. The number of aromatic nitrogens is 3. The second kappa shape index (κ2) is 13.9. The third kappa shape index (κ3) is 7.11. The predicted molar refractivity (Wildman–Crippen MR) is 227 cm³/mol. The van der Waals surface area contributed by atoms with Crippen LogP contribution in [-0.2, 0) is 49.1 Å². The second-order valence-corrected chi connectivity index (χ2v) is 18.9. The molecule has 0 saturated heterocycles. The van der Waals surface area contributed by atoms with Crippen molar-refractivity contribution in [2.24, 2.45) is 6.98 Å². The van der Waals surface area contributed by atoms with Gasteiger partial charge in [0.05, 0.1) is 0 Å². The van der Waals surface area contributed by atoms with Gasteiger partial charge in [-0.3, -0.25) is 0 Å². The van der Waals surface area contributed by atoms with Gasteiger partial charge in [-0.15, -0.1) is 0 Å². The third-order valence-electron chi connectivity index (χ3n) is 10.7. The molecule has 8 rings (SSSR count). The molecule has 5 aromatic carbocycles. The number of ether oxygens (including phenoxy) is 1. The number of nitrogens with zero attached hydrogens (tertiary/aromatic N) is 4. The first-order valence-corrected chi connectivity index (χ1v) is 20.3. The summed E-state index contributed by atoms with van der Waals surface area (Å²) >= 11 is 2.08. The topological polar surface area (TPSA) is 35.2 Å². The van der Waals surface area contributed by atoms with Gasteiger partial charge in [-0.1, -0.05) is 86.6 Å². The Kier molecular flexibility index (Phi) is 8.50. The minimum atomic E-state index is -2.35. The van der Waals surface area contributed by atoms with Crippen LogP contribution < -0.4 is 9.64 Å². The van der Waals surface area contributed by atoms with Crippen molar-refractivity contribution in [3.05, 3.63) is 148 Å². The van der Waals surface area contributed by atoms with Crippen LogP contribution in [0.3, 0.4) is 0 Å². The van der Waals surface area contributed by atoms with Gasteiger partial charge in [-0.05, 0) is 56.2 Å². The zero-order valence-electron chi connectivity index (χ0n) is 36.6. The number of imidazole rings is 1. The van der Waals surface area contributed by atoms with Gasteiger partial charge in [0.1, 0.15) is 0 Å². The molecule has 0 amide bonds. The Labute approximate surface area is 347 Å². The molecule has 0 N–H and O–H groups in total. The van der Waals surface area contributed by atoms with Crippen LogP contribution in [0.5, 0.6) is 11.5 Å². The maximum atomic E-state index is 8.24. The molecule has 0 atom stereocenters. The quantitative estimate of drug-likeness (QED) is 0.161. The first-order valence-electron chi connectivity index (χ1n) is 20.7. The zero-order valence-corrected chi connectivity index (χ0v) is 35.9. The molecule has 3 heterocycles. The second-order valence-electron chi connectivity index (χ2n) is 17.9. The zero-order chi connectivity index (χ0) is 42.2. The number of hydrogen-bond donors (Lipinski definition) is 0. The molecule has 7 aromatic rings. The molecule has 2 aromatic heterocycles. The van der Waals surface area contributed by atoms with E-state index in [4.69, 9.17) is 13.8 Å². The van der Waals surface area contributed by atoms with E-state index in [1.807, 2.05) is 59.3 Å². The van der Waals surface area contributed by atoms with Gasteiger partial charge >= 0.3 is 200 Å². The Morgan fingerprint density at radius 1 is 0.661 bits per heavy atom. The van der Waals surface area contributed by atoms with E-state index >= 15 is 0 Å². The summed E-state index contributed by atoms with van der Waals surface area (Å²) in [6, 6.07) is 42.5. The van der Waals surface area contributed by atoms with E-state index in [2.05, 4.69) is 153 Å². The third-order valence-corrected chi connectivity index (χ3v) is 11.7. The molecule has 0 fully saturated rings. The van der Waals surface area contributed by atoms with E-state index < -0.39 is 6.98 Å². The van der Waals surface area contributed by atoms with Crippen molar-refractivity contribution in [2.45, 2.75) is 85.1 Å². The Morgan fingerprint density at radius 3 is 2.04 bits per heavy atom. The molecule has 1 aliphatic heterocycles. The van der Waals surface area contributed by atoms with Crippen molar-refractivity contribution in [1.29, 1.82) is 0 Å². The number of hydrogen-bond acceptors (Lipinski definition) is 3. The van der Waals surface area contributed by atoms with E-state index in [1.165, 1.54) is 37.9 Å². The number of pyridine rings is 1. The molecule has 0 radical (unpaired) electrons. The molecule has 288 valence electrons. The fourth-order valence-corrected chi connectivity index (χ4v) is 8.17. The van der Waals surface area contributed by atoms with Crippen molar-refractivity contribution in [3.8, 4) is 39.4 Å². The van der Waals surface area contributed by atoms with E-state index in [9.17, 15) is 0 Å². The Hall–Kier alpha value is -4.99. The molecule has 1 aliphatic rings. The van der Waals surface area contributed by atoms with Gasteiger partial charge in [0, 0.05) is 6.20 Å². The van der Waals surface area contributed by atoms with Crippen molar-refractivity contribution < 1.29 is 28.2 Å². The maximum absolute atomic E-state index is 8.24. The van der Waals surface area contributed by atoms with Crippen molar-refractivity contribution in [1.82, 2.24) is 14.1 Å². The van der Waals surface area contributed by atoms with E-state index in [-0.39, 0.29) is 16.2 Å². The van der Waals surface area contributed by atoms with Gasteiger partial charge in [-0.25, -0.2) is 0 Å². The monoisotopic (exact) mass is 920 g/mol. The van der Waals surface area contributed by atoms with E-state index in [0.717, 1.165) is 28.1 Å². The average molecular weight is 921 g/mol. The predicted octanol–water partition coefficient (Wildman–Crippen LogP) is 12.7. The fraction of sp³-hybridized carbons (Fsp3) is 0.280. The number of aryl methyl sites for hydroxylation is 1. The van der Waals surface area contributed by atoms with Gasteiger partial charge in [0.2, 0.25) is 0 Å². The van der Waals surface area contributed by atoms with Crippen molar-refractivity contribution >= 4 is 22.5 Å². The molecule has 5 nitrogen and oxygen atoms in total. The van der Waals surface area contributed by atoms with Gasteiger partial charge < -0.3 is 0 Å². The first-order chi connectivity index (χ1) is 27.7. The summed E-state index contributed by atoms with van der Waals surface area (Å²) in [5.74, 6) is 1.87. The summed E-state index contributed by atoms with van der Waals surface area (Å²) in [6.45, 7) is 18.6. The molecule has 0 saturated carbocycles. The summed E-state index contributed by atoms with van der Waals surface area (Å²) in [6.07, 6.45) is 1.90. The normalized spacial score (nSPS) is 14.2. The Balaban J connectivity index is 1.22. The average Bonchev–Trinajstić information content (AvgIpc) is 3.48. The minimum absolute atomic E-state index is 0.00988. The fourth-order valence-electron chi connectivity index (χ4n) is 7.35. The standard InChI is InChI=1S/C50H50N4O.Pt/c1-48(2,3)36-22-23-51-47(28-36)53-31-35-24-33(34-25-37(49(4,5)6)27-38(26-34)50(7,8)9)18-20-42(35)43-21-19-41(30-46(43)53)55-40-15-13-14-39(29-40)54-32-52(10)44-16-11-12-17-45(44)54;/h11-28H,31H2,1-10H3;/q-2;/i10D3;. The van der Waals surface area contributed by atoms with Gasteiger partial charge in [0.25, 0.3) is 0 Å². The Morgan fingerprint density at radius 2 is 1.34 bits per heavy atom. The van der Waals surface area contributed by atoms with Crippen LogP contribution in [0.15, 0.2) is 109 Å². The SMILES string of the molecule is [2H]C([2H])([2H])n1[c](=[Pt])n(-c2[c-]c(Oc3[c-]c4c(cc3)-c3ccc(-c5cc(C(C)(C)C)cc(C(C)(C)C)c5)cc3CN4c3cc(C(C)(C)C)ccn3)ccc2)c2ccccc21. The molecular weight excluding hydrogens is 868 g/mol. The first kappa shape index (κ1) is 34.3. The summed E-state index contributed by atoms with van der Waals surface area (Å²) in [7, 11) is 0. The summed E-state index contributed by atoms with van der Waals surface area (Å²) in [5, 5.41) is 0. The van der Waals surface area contributed by atoms with E-state index in [0.29, 0.717) is 33.1 Å². The van der Waals surface area contributed by atoms with Crippen LogP contribution >= 0.6 is 0 Å². The van der Waals surface area contributed by atoms with Crippen LogP contribution in [-0.4, -0.2) is 14.1 Å². The molecule has 0 aliphatic carbocycles. The molecular formula is C50H50N4OPt-2. The number of rotatable bonds is 5. The summed E-state index contributed by atoms with van der Waals surface area (Å²) < 4.78 is 35.1. The molecule has 0 bridgehead atoms. The van der Waals surface area contributed by atoms with Crippen LogP contribution in [0.4, 0.5) is 11.5 Å². The van der Waals surface area contributed by atoms with Crippen molar-refractivity contribution in [2.75, 3.05) is 4.90 Å². The van der Waals surface area contributed by atoms with Gasteiger partial charge in [0.15, 0.2) is 0 Å². The summed E-state index contributed by atoms with van der Waals surface area (Å²) in [4.78, 5) is 7.18. The van der Waals surface area contributed by atoms with Crippen LogP contribution in [0.1, 0.15) is 88.7 Å². The number of para-hydroxylation sites is 2. The van der Waals surface area contributed by atoms with Crippen LogP contribution in [0.2, 0.25) is 0 Å². The van der Waals surface area contributed by atoms with E-state index in [1.54, 1.807) is 0 Å². The van der Waals surface area contributed by atoms with Gasteiger partial charge in [-0.2, -0.15) is 0 Å². The van der Waals surface area contributed by atoms with Crippen molar-refractivity contribution in [3.63, 3.8) is 0 Å². The number of anilines is 2. The molecule has 0 unspecified atom stereocenters.